The Labute approximate surface area is 141 Å². The van der Waals surface area contributed by atoms with E-state index in [1.54, 1.807) is 6.07 Å². The van der Waals surface area contributed by atoms with E-state index in [0.29, 0.717) is 8.95 Å². The molecule has 21 heavy (non-hydrogen) atoms. The highest BCUT2D eigenvalue weighted by atomic mass is 79.9. The highest BCUT2D eigenvalue weighted by molar-refractivity contribution is 9.11. The van der Waals surface area contributed by atoms with Crippen molar-refractivity contribution >= 4 is 47.6 Å². The van der Waals surface area contributed by atoms with Gasteiger partial charge in [0, 0.05) is 35.6 Å². The summed E-state index contributed by atoms with van der Waals surface area (Å²) in [5, 5.41) is 8.68. The van der Waals surface area contributed by atoms with Crippen LogP contribution < -0.4 is 5.73 Å². The summed E-state index contributed by atoms with van der Waals surface area (Å²) in [4.78, 5) is -0.000238. The molecule has 0 saturated heterocycles. The molecule has 0 amide bonds. The topological polar surface area (TPSA) is 96.4 Å². The Balaban J connectivity index is 3.25. The van der Waals surface area contributed by atoms with Crippen molar-refractivity contribution in [3.05, 3.63) is 21.1 Å². The molecule has 6 nitrogen and oxygen atoms in total. The number of sulfonamides is 1. The minimum Gasteiger partial charge on any atom is -0.398 e. The van der Waals surface area contributed by atoms with Gasteiger partial charge >= 0.3 is 0 Å². The minimum atomic E-state index is -3.81. The molecule has 1 aromatic rings. The molecule has 116 valence electrons. The Kier molecular flexibility index (Phi) is 7.09. The second-order valence-electron chi connectivity index (χ2n) is 4.11. The van der Waals surface area contributed by atoms with Crippen LogP contribution in [0.2, 0.25) is 0 Å². The normalized spacial score (nSPS) is 11.6. The summed E-state index contributed by atoms with van der Waals surface area (Å²) in [6, 6.07) is 5.08. The zero-order chi connectivity index (χ0) is 16.0. The van der Waals surface area contributed by atoms with Crippen molar-refractivity contribution in [1.82, 2.24) is 4.31 Å². The first-order chi connectivity index (χ1) is 9.84. The van der Waals surface area contributed by atoms with Gasteiger partial charge in [0.25, 0.3) is 0 Å². The maximum atomic E-state index is 12.7. The van der Waals surface area contributed by atoms with Gasteiger partial charge in [-0.05, 0) is 28.1 Å². The molecule has 1 rings (SSSR count). The molecule has 0 saturated carbocycles. The van der Waals surface area contributed by atoms with Crippen LogP contribution in [0.15, 0.2) is 26.0 Å². The van der Waals surface area contributed by atoms with Crippen molar-refractivity contribution in [2.45, 2.75) is 11.3 Å². The zero-order valence-corrected chi connectivity index (χ0v) is 15.3. The van der Waals surface area contributed by atoms with Gasteiger partial charge in [-0.1, -0.05) is 15.9 Å². The van der Waals surface area contributed by atoms with Crippen LogP contribution in [0.4, 0.5) is 5.69 Å². The number of methoxy groups -OCH3 is 1. The van der Waals surface area contributed by atoms with Crippen molar-refractivity contribution in [3.8, 4) is 6.07 Å². The van der Waals surface area contributed by atoms with E-state index < -0.39 is 10.0 Å². The standard InChI is InChI=1S/C12H15Br2N3O3S/c1-20-6-5-17(4-2-3-15)21(18,19)12-10(14)7-9(13)8-11(12)16/h7-8H,2,4-6,16H2,1H3. The van der Waals surface area contributed by atoms with E-state index in [4.69, 9.17) is 15.7 Å². The molecule has 1 aromatic carbocycles. The third kappa shape index (κ3) is 4.66. The van der Waals surface area contributed by atoms with E-state index in [2.05, 4.69) is 31.9 Å². The molecule has 0 aliphatic heterocycles. The molecule has 0 atom stereocenters. The van der Waals surface area contributed by atoms with Gasteiger partial charge in [-0.2, -0.15) is 9.57 Å². The lowest BCUT2D eigenvalue weighted by atomic mass is 10.3. The van der Waals surface area contributed by atoms with Crippen LogP contribution in [0.3, 0.4) is 0 Å². The van der Waals surface area contributed by atoms with Crippen LogP contribution in [-0.4, -0.2) is 39.5 Å². The van der Waals surface area contributed by atoms with Crippen molar-refractivity contribution in [2.24, 2.45) is 0 Å². The van der Waals surface area contributed by atoms with Crippen LogP contribution in [0.5, 0.6) is 0 Å². The van der Waals surface area contributed by atoms with E-state index in [1.165, 1.54) is 17.5 Å². The number of nitrogen functional groups attached to an aromatic ring is 1. The lowest BCUT2D eigenvalue weighted by Crippen LogP contribution is -2.35. The summed E-state index contributed by atoms with van der Waals surface area (Å²) in [5.74, 6) is 0. The molecule has 0 bridgehead atoms. The van der Waals surface area contributed by atoms with Crippen molar-refractivity contribution in [2.75, 3.05) is 32.5 Å². The summed E-state index contributed by atoms with van der Waals surface area (Å²) >= 11 is 6.48. The van der Waals surface area contributed by atoms with Gasteiger partial charge in [0.05, 0.1) is 18.4 Å². The molecule has 0 unspecified atom stereocenters. The number of nitrogens with two attached hydrogens (primary N) is 1. The average molecular weight is 441 g/mol. The fourth-order valence-corrected chi connectivity index (χ4v) is 5.14. The smallest absolute Gasteiger partial charge is 0.246 e. The van der Waals surface area contributed by atoms with E-state index in [-0.39, 0.29) is 36.7 Å². The monoisotopic (exact) mass is 439 g/mol. The van der Waals surface area contributed by atoms with Crippen LogP contribution in [0.1, 0.15) is 6.42 Å². The van der Waals surface area contributed by atoms with Crippen molar-refractivity contribution in [3.63, 3.8) is 0 Å². The highest BCUT2D eigenvalue weighted by Gasteiger charge is 2.28. The maximum Gasteiger partial charge on any atom is 0.246 e. The summed E-state index contributed by atoms with van der Waals surface area (Å²) in [5.41, 5.74) is 5.98. The van der Waals surface area contributed by atoms with Crippen LogP contribution >= 0.6 is 31.9 Å². The summed E-state index contributed by atoms with van der Waals surface area (Å²) in [6.45, 7) is 0.477. The second-order valence-corrected chi connectivity index (χ2v) is 7.76. The molecule has 0 spiro atoms. The molecule has 0 heterocycles. The third-order valence-corrected chi connectivity index (χ3v) is 6.02. The number of ether oxygens (including phenoxy) is 1. The fraction of sp³-hybridized carbons (Fsp3) is 0.417. The highest BCUT2D eigenvalue weighted by Crippen LogP contribution is 2.33. The Morgan fingerprint density at radius 1 is 1.38 bits per heavy atom. The predicted molar refractivity (Wildman–Crippen MR) is 87.1 cm³/mol. The number of nitriles is 1. The van der Waals surface area contributed by atoms with Crippen molar-refractivity contribution in [1.29, 1.82) is 5.26 Å². The molecule has 0 aromatic heterocycles. The van der Waals surface area contributed by atoms with Crippen LogP contribution in [0.25, 0.3) is 0 Å². The Hall–Kier alpha value is -0.660. The SMILES string of the molecule is COCCN(CCC#N)S(=O)(=O)c1c(N)cc(Br)cc1Br. The van der Waals surface area contributed by atoms with Gasteiger partial charge in [-0.15, -0.1) is 0 Å². The number of rotatable bonds is 7. The molecular formula is C12H15Br2N3O3S. The van der Waals surface area contributed by atoms with E-state index >= 15 is 0 Å². The quantitative estimate of drug-likeness (QED) is 0.656. The molecule has 2 N–H and O–H groups in total. The summed E-state index contributed by atoms with van der Waals surface area (Å²) in [7, 11) is -2.33. The van der Waals surface area contributed by atoms with Crippen LogP contribution in [0, 0.1) is 11.3 Å². The van der Waals surface area contributed by atoms with E-state index in [9.17, 15) is 8.42 Å². The first-order valence-electron chi connectivity index (χ1n) is 5.95. The minimum absolute atomic E-state index is 0.000238. The van der Waals surface area contributed by atoms with Crippen molar-refractivity contribution < 1.29 is 13.2 Å². The molecule has 0 fully saturated rings. The number of hydrogen-bond acceptors (Lipinski definition) is 5. The van der Waals surface area contributed by atoms with Gasteiger partial charge in [-0.3, -0.25) is 0 Å². The van der Waals surface area contributed by atoms with Gasteiger partial charge in [-0.25, -0.2) is 8.42 Å². The zero-order valence-electron chi connectivity index (χ0n) is 11.3. The van der Waals surface area contributed by atoms with Gasteiger partial charge in [0.1, 0.15) is 4.90 Å². The Bertz CT molecular complexity index is 621. The lowest BCUT2D eigenvalue weighted by molar-refractivity contribution is 0.179. The molecule has 9 heteroatoms. The summed E-state index contributed by atoms with van der Waals surface area (Å²) in [6.07, 6.45) is 0.0942. The average Bonchev–Trinajstić information content (AvgIpc) is 2.36. The van der Waals surface area contributed by atoms with Crippen LogP contribution in [-0.2, 0) is 14.8 Å². The van der Waals surface area contributed by atoms with Gasteiger partial charge in [0.15, 0.2) is 0 Å². The number of nitrogens with zero attached hydrogens (tertiary/aromatic N) is 2. The number of benzene rings is 1. The van der Waals surface area contributed by atoms with E-state index in [0.717, 1.165) is 0 Å². The summed E-state index contributed by atoms with van der Waals surface area (Å²) < 4.78 is 32.6. The Morgan fingerprint density at radius 2 is 2.05 bits per heavy atom. The first-order valence-corrected chi connectivity index (χ1v) is 8.97. The number of halogens is 2. The molecule has 0 radical (unpaired) electrons. The first kappa shape index (κ1) is 18.4. The van der Waals surface area contributed by atoms with Gasteiger partial charge in [0.2, 0.25) is 10.0 Å². The second kappa shape index (κ2) is 8.10. The molecular weight excluding hydrogens is 426 g/mol. The van der Waals surface area contributed by atoms with E-state index in [1.807, 2.05) is 6.07 Å². The van der Waals surface area contributed by atoms with Gasteiger partial charge < -0.3 is 10.5 Å². The molecule has 0 aliphatic rings. The maximum absolute atomic E-state index is 12.7. The predicted octanol–water partition coefficient (Wildman–Crippen LogP) is 2.34. The number of hydrogen-bond donors (Lipinski definition) is 1. The largest absolute Gasteiger partial charge is 0.398 e. The molecule has 0 aliphatic carbocycles. The fourth-order valence-electron chi connectivity index (χ4n) is 1.70. The third-order valence-electron chi connectivity index (χ3n) is 2.65. The Morgan fingerprint density at radius 3 is 2.57 bits per heavy atom. The lowest BCUT2D eigenvalue weighted by Gasteiger charge is -2.22. The number of anilines is 1.